The summed E-state index contributed by atoms with van der Waals surface area (Å²) in [6, 6.07) is 4.65. The molecule has 2 atom stereocenters. The van der Waals surface area contributed by atoms with E-state index in [2.05, 4.69) is 20.4 Å². The van der Waals surface area contributed by atoms with Gasteiger partial charge in [0.2, 0.25) is 0 Å². The molecule has 0 radical (unpaired) electrons. The second kappa shape index (κ2) is 10.2. The highest BCUT2D eigenvalue weighted by atomic mass is 19.3. The molecule has 0 heterocycles. The number of aliphatic hydroxyl groups is 1. The predicted octanol–water partition coefficient (Wildman–Crippen LogP) is 2.51. The number of hydrogen-bond donors (Lipinski definition) is 3. The van der Waals surface area contributed by atoms with Crippen molar-refractivity contribution in [3.05, 3.63) is 23.8 Å². The highest BCUT2D eigenvalue weighted by Crippen LogP contribution is 2.27. The number of aliphatic imine (C=N–C) groups is 1. The van der Waals surface area contributed by atoms with Crippen molar-refractivity contribution in [2.24, 2.45) is 10.9 Å². The third kappa shape index (κ3) is 6.01. The van der Waals surface area contributed by atoms with E-state index < -0.39 is 6.61 Å². The van der Waals surface area contributed by atoms with Crippen LogP contribution in [0, 0.1) is 5.92 Å². The summed E-state index contributed by atoms with van der Waals surface area (Å²) in [7, 11) is 1.51. The molecular formula is C18H27F2N3O3. The van der Waals surface area contributed by atoms with Gasteiger partial charge in [0.1, 0.15) is 11.5 Å². The summed E-state index contributed by atoms with van der Waals surface area (Å²) in [5.74, 6) is 1.39. The summed E-state index contributed by atoms with van der Waals surface area (Å²) < 4.78 is 34.9. The Balaban J connectivity index is 2.06. The minimum absolute atomic E-state index is 0.0756. The standard InChI is InChI=1S/C18H27F2N3O3/c1-3-21-18(22-10-12-5-4-6-15(12)24)23-11-13-9-14(25-2)7-8-16(13)26-17(19)20/h7-9,12,15,17,24H,3-6,10-11H2,1-2H3,(H2,21,22,23). The van der Waals surface area contributed by atoms with E-state index in [1.54, 1.807) is 12.1 Å². The molecule has 2 unspecified atom stereocenters. The highest BCUT2D eigenvalue weighted by Gasteiger charge is 2.25. The third-order valence-corrected chi connectivity index (χ3v) is 4.39. The maximum absolute atomic E-state index is 12.6. The van der Waals surface area contributed by atoms with Crippen LogP contribution in [0.3, 0.4) is 0 Å². The predicted molar refractivity (Wildman–Crippen MR) is 95.8 cm³/mol. The van der Waals surface area contributed by atoms with Crippen LogP contribution in [0.25, 0.3) is 0 Å². The van der Waals surface area contributed by atoms with Crippen LogP contribution in [0.2, 0.25) is 0 Å². The van der Waals surface area contributed by atoms with Gasteiger partial charge in [-0.3, -0.25) is 0 Å². The number of ether oxygens (including phenoxy) is 2. The van der Waals surface area contributed by atoms with Gasteiger partial charge >= 0.3 is 6.61 Å². The topological polar surface area (TPSA) is 75.1 Å². The molecule has 1 aliphatic rings. The van der Waals surface area contributed by atoms with E-state index in [-0.39, 0.29) is 24.3 Å². The fourth-order valence-corrected chi connectivity index (χ4v) is 3.01. The van der Waals surface area contributed by atoms with Crippen LogP contribution >= 0.6 is 0 Å². The minimum atomic E-state index is -2.90. The monoisotopic (exact) mass is 371 g/mol. The van der Waals surface area contributed by atoms with Crippen LogP contribution in [0.1, 0.15) is 31.7 Å². The second-order valence-electron chi connectivity index (χ2n) is 6.19. The highest BCUT2D eigenvalue weighted by molar-refractivity contribution is 5.79. The molecule has 0 spiro atoms. The van der Waals surface area contributed by atoms with Gasteiger partial charge < -0.3 is 25.2 Å². The van der Waals surface area contributed by atoms with Gasteiger partial charge in [0, 0.05) is 24.6 Å². The molecule has 8 heteroatoms. The summed E-state index contributed by atoms with van der Waals surface area (Å²) in [6.45, 7) is 0.477. The van der Waals surface area contributed by atoms with Gasteiger partial charge in [-0.05, 0) is 38.0 Å². The molecule has 1 fully saturated rings. The lowest BCUT2D eigenvalue weighted by molar-refractivity contribution is -0.0504. The Hall–Kier alpha value is -2.09. The molecule has 0 aromatic heterocycles. The number of methoxy groups -OCH3 is 1. The normalized spacial score (nSPS) is 20.3. The van der Waals surface area contributed by atoms with Crippen molar-refractivity contribution in [1.29, 1.82) is 0 Å². The summed E-state index contributed by atoms with van der Waals surface area (Å²) in [5.41, 5.74) is 0.503. The van der Waals surface area contributed by atoms with E-state index in [1.165, 1.54) is 13.2 Å². The number of hydrogen-bond acceptors (Lipinski definition) is 4. The zero-order valence-corrected chi connectivity index (χ0v) is 15.2. The van der Waals surface area contributed by atoms with Gasteiger partial charge in [0.15, 0.2) is 5.96 Å². The molecule has 2 rings (SSSR count). The molecule has 0 amide bonds. The van der Waals surface area contributed by atoms with Crippen molar-refractivity contribution in [2.75, 3.05) is 20.2 Å². The lowest BCUT2D eigenvalue weighted by atomic mass is 10.1. The van der Waals surface area contributed by atoms with E-state index in [9.17, 15) is 13.9 Å². The smallest absolute Gasteiger partial charge is 0.387 e. The average molecular weight is 371 g/mol. The Kier molecular flexibility index (Phi) is 7.90. The van der Waals surface area contributed by atoms with Gasteiger partial charge in [-0.1, -0.05) is 6.42 Å². The van der Waals surface area contributed by atoms with Crippen LogP contribution < -0.4 is 20.1 Å². The Bertz CT molecular complexity index is 599. The number of alkyl halides is 2. The number of guanidine groups is 1. The average Bonchev–Trinajstić information content (AvgIpc) is 3.03. The first kappa shape index (κ1) is 20.2. The van der Waals surface area contributed by atoms with Crippen LogP contribution in [0.15, 0.2) is 23.2 Å². The first-order valence-corrected chi connectivity index (χ1v) is 8.85. The number of halogens is 2. The number of rotatable bonds is 8. The van der Waals surface area contributed by atoms with Crippen molar-refractivity contribution in [3.8, 4) is 11.5 Å². The Labute approximate surface area is 152 Å². The summed E-state index contributed by atoms with van der Waals surface area (Å²) in [5, 5.41) is 16.2. The summed E-state index contributed by atoms with van der Waals surface area (Å²) in [6.07, 6.45) is 2.56. The van der Waals surface area contributed by atoms with Crippen LogP contribution in [0.5, 0.6) is 11.5 Å². The maximum atomic E-state index is 12.6. The second-order valence-corrected chi connectivity index (χ2v) is 6.19. The molecule has 0 aliphatic heterocycles. The molecule has 146 valence electrons. The Morgan fingerprint density at radius 1 is 1.35 bits per heavy atom. The molecule has 1 aromatic rings. The van der Waals surface area contributed by atoms with E-state index in [0.717, 1.165) is 19.3 Å². The summed E-state index contributed by atoms with van der Waals surface area (Å²) in [4.78, 5) is 4.45. The van der Waals surface area contributed by atoms with Gasteiger partial charge in [0.05, 0.1) is 19.8 Å². The van der Waals surface area contributed by atoms with E-state index >= 15 is 0 Å². The van der Waals surface area contributed by atoms with Crippen molar-refractivity contribution in [3.63, 3.8) is 0 Å². The van der Waals surface area contributed by atoms with E-state index in [1.807, 2.05) is 6.92 Å². The Morgan fingerprint density at radius 2 is 2.15 bits per heavy atom. The maximum Gasteiger partial charge on any atom is 0.387 e. The van der Waals surface area contributed by atoms with Gasteiger partial charge in [-0.2, -0.15) is 8.78 Å². The van der Waals surface area contributed by atoms with Crippen LogP contribution in [0.4, 0.5) is 8.78 Å². The minimum Gasteiger partial charge on any atom is -0.497 e. The molecule has 6 nitrogen and oxygen atoms in total. The SMILES string of the molecule is CCNC(=NCc1cc(OC)ccc1OC(F)F)NCC1CCCC1O. The van der Waals surface area contributed by atoms with Gasteiger partial charge in [-0.25, -0.2) is 4.99 Å². The molecule has 26 heavy (non-hydrogen) atoms. The van der Waals surface area contributed by atoms with Gasteiger partial charge in [-0.15, -0.1) is 0 Å². The van der Waals surface area contributed by atoms with Gasteiger partial charge in [0.25, 0.3) is 0 Å². The van der Waals surface area contributed by atoms with Crippen LogP contribution in [-0.2, 0) is 6.54 Å². The van der Waals surface area contributed by atoms with Crippen molar-refractivity contribution < 1.29 is 23.4 Å². The molecule has 1 aromatic carbocycles. The fourth-order valence-electron chi connectivity index (χ4n) is 3.01. The first-order valence-electron chi connectivity index (χ1n) is 8.85. The largest absolute Gasteiger partial charge is 0.497 e. The summed E-state index contributed by atoms with van der Waals surface area (Å²) >= 11 is 0. The molecule has 3 N–H and O–H groups in total. The van der Waals surface area contributed by atoms with Crippen molar-refractivity contribution in [2.45, 2.75) is 45.4 Å². The van der Waals surface area contributed by atoms with Crippen molar-refractivity contribution in [1.82, 2.24) is 10.6 Å². The number of benzene rings is 1. The Morgan fingerprint density at radius 3 is 2.77 bits per heavy atom. The fraction of sp³-hybridized carbons (Fsp3) is 0.611. The molecule has 0 saturated heterocycles. The van der Waals surface area contributed by atoms with E-state index in [4.69, 9.17) is 4.74 Å². The molecule has 1 saturated carbocycles. The number of nitrogens with one attached hydrogen (secondary N) is 2. The molecular weight excluding hydrogens is 344 g/mol. The quantitative estimate of drug-likeness (QED) is 0.484. The van der Waals surface area contributed by atoms with Crippen molar-refractivity contribution >= 4 is 5.96 Å². The molecule has 0 bridgehead atoms. The number of aliphatic hydroxyl groups excluding tert-OH is 1. The first-order chi connectivity index (χ1) is 12.5. The van der Waals surface area contributed by atoms with E-state index in [0.29, 0.717) is 30.4 Å². The lowest BCUT2D eigenvalue weighted by Gasteiger charge is -2.18. The lowest BCUT2D eigenvalue weighted by Crippen LogP contribution is -2.41. The third-order valence-electron chi connectivity index (χ3n) is 4.39. The van der Waals surface area contributed by atoms with Crippen LogP contribution in [-0.4, -0.2) is 44.0 Å². The molecule has 1 aliphatic carbocycles. The zero-order chi connectivity index (χ0) is 18.9. The number of nitrogens with zero attached hydrogens (tertiary/aromatic N) is 1. The zero-order valence-electron chi connectivity index (χ0n) is 15.2.